The van der Waals surface area contributed by atoms with Crippen molar-refractivity contribution >= 4 is 5.97 Å². The van der Waals surface area contributed by atoms with E-state index in [9.17, 15) is 4.79 Å². The minimum atomic E-state index is -0.677. The van der Waals surface area contributed by atoms with Gasteiger partial charge in [0, 0.05) is 7.11 Å². The lowest BCUT2D eigenvalue weighted by atomic mass is 9.78. The van der Waals surface area contributed by atoms with Gasteiger partial charge >= 0.3 is 5.97 Å². The summed E-state index contributed by atoms with van der Waals surface area (Å²) in [6, 6.07) is 0. The average molecular weight is 172 g/mol. The molecule has 0 saturated heterocycles. The highest BCUT2D eigenvalue weighted by atomic mass is 16.5. The van der Waals surface area contributed by atoms with E-state index in [2.05, 4.69) is 0 Å². The fraction of sp³-hybridized carbons (Fsp3) is 0.889. The third kappa shape index (κ3) is 1.78. The maximum atomic E-state index is 10.8. The van der Waals surface area contributed by atoms with Crippen LogP contribution in [0, 0.1) is 11.8 Å². The number of ether oxygens (including phenoxy) is 1. The van der Waals surface area contributed by atoms with Crippen molar-refractivity contribution in [2.45, 2.75) is 32.3 Å². The maximum Gasteiger partial charge on any atom is 0.306 e. The van der Waals surface area contributed by atoms with Crippen LogP contribution in [0.15, 0.2) is 0 Å². The molecule has 0 spiro atoms. The van der Waals surface area contributed by atoms with E-state index in [1.807, 2.05) is 6.92 Å². The highest BCUT2D eigenvalue weighted by Gasteiger charge is 2.34. The Hall–Kier alpha value is -0.570. The number of carbonyl (C=O) groups is 1. The van der Waals surface area contributed by atoms with Gasteiger partial charge in [-0.25, -0.2) is 0 Å². The van der Waals surface area contributed by atoms with E-state index in [0.717, 1.165) is 19.3 Å². The molecule has 1 aliphatic rings. The highest BCUT2D eigenvalue weighted by Crippen LogP contribution is 2.31. The van der Waals surface area contributed by atoms with Crippen molar-refractivity contribution in [2.75, 3.05) is 7.11 Å². The predicted molar refractivity (Wildman–Crippen MR) is 44.9 cm³/mol. The molecule has 70 valence electrons. The van der Waals surface area contributed by atoms with Gasteiger partial charge in [-0.05, 0) is 25.2 Å². The van der Waals surface area contributed by atoms with Crippen LogP contribution in [0.5, 0.6) is 0 Å². The van der Waals surface area contributed by atoms with Gasteiger partial charge in [-0.1, -0.05) is 6.92 Å². The summed E-state index contributed by atoms with van der Waals surface area (Å²) in [5.74, 6) is -0.728. The van der Waals surface area contributed by atoms with E-state index >= 15 is 0 Å². The monoisotopic (exact) mass is 172 g/mol. The molecule has 3 unspecified atom stereocenters. The lowest BCUT2D eigenvalue weighted by Gasteiger charge is -2.32. The molecule has 1 N–H and O–H groups in total. The van der Waals surface area contributed by atoms with E-state index in [-0.39, 0.29) is 17.9 Å². The molecule has 3 nitrogen and oxygen atoms in total. The van der Waals surface area contributed by atoms with E-state index < -0.39 is 5.97 Å². The Bertz CT molecular complexity index is 167. The van der Waals surface area contributed by atoms with Crippen LogP contribution in [0.3, 0.4) is 0 Å². The summed E-state index contributed by atoms with van der Waals surface area (Å²) in [6.45, 7) is 1.96. The summed E-state index contributed by atoms with van der Waals surface area (Å²) in [6.07, 6.45) is 2.91. The second-order valence-corrected chi connectivity index (χ2v) is 3.51. The molecule has 0 aromatic rings. The number of methoxy groups -OCH3 is 1. The summed E-state index contributed by atoms with van der Waals surface area (Å²) < 4.78 is 5.22. The molecule has 12 heavy (non-hydrogen) atoms. The second-order valence-electron chi connectivity index (χ2n) is 3.51. The third-order valence-corrected chi connectivity index (χ3v) is 2.84. The first-order valence-electron chi connectivity index (χ1n) is 4.42. The summed E-state index contributed by atoms with van der Waals surface area (Å²) in [5, 5.41) is 8.87. The molecular weight excluding hydrogens is 156 g/mol. The van der Waals surface area contributed by atoms with Gasteiger partial charge in [0.2, 0.25) is 0 Å². The minimum Gasteiger partial charge on any atom is -0.481 e. The zero-order valence-electron chi connectivity index (χ0n) is 7.62. The average Bonchev–Trinajstić information content (AvgIpc) is 2.04. The van der Waals surface area contributed by atoms with Crippen molar-refractivity contribution in [2.24, 2.45) is 11.8 Å². The number of carboxylic acids is 1. The van der Waals surface area contributed by atoms with Crippen LogP contribution in [-0.2, 0) is 9.53 Å². The molecule has 0 aliphatic heterocycles. The maximum absolute atomic E-state index is 10.8. The quantitative estimate of drug-likeness (QED) is 0.687. The Morgan fingerprint density at radius 3 is 2.67 bits per heavy atom. The largest absolute Gasteiger partial charge is 0.481 e. The summed E-state index contributed by atoms with van der Waals surface area (Å²) in [5.41, 5.74) is 0. The van der Waals surface area contributed by atoms with Gasteiger partial charge < -0.3 is 9.84 Å². The number of aliphatic carboxylic acids is 1. The molecule has 1 saturated carbocycles. The molecule has 1 aliphatic carbocycles. The van der Waals surface area contributed by atoms with E-state index in [1.165, 1.54) is 0 Å². The predicted octanol–water partition coefficient (Wildman–Crippen LogP) is 1.52. The first-order valence-corrected chi connectivity index (χ1v) is 4.42. The Balaban J connectivity index is 2.59. The molecule has 0 bridgehead atoms. The van der Waals surface area contributed by atoms with Crippen LogP contribution < -0.4 is 0 Å². The van der Waals surface area contributed by atoms with Gasteiger partial charge in [0.1, 0.15) is 0 Å². The van der Waals surface area contributed by atoms with Crippen LogP contribution in [-0.4, -0.2) is 24.3 Å². The van der Waals surface area contributed by atoms with Gasteiger partial charge in [-0.3, -0.25) is 4.79 Å². The molecule has 0 aromatic heterocycles. The summed E-state index contributed by atoms with van der Waals surface area (Å²) in [4.78, 5) is 10.8. The van der Waals surface area contributed by atoms with Crippen molar-refractivity contribution in [3.63, 3.8) is 0 Å². The van der Waals surface area contributed by atoms with E-state index in [4.69, 9.17) is 9.84 Å². The molecule has 1 rings (SSSR count). The second kappa shape index (κ2) is 3.90. The van der Waals surface area contributed by atoms with E-state index in [0.29, 0.717) is 0 Å². The fourth-order valence-electron chi connectivity index (χ4n) is 2.00. The Labute approximate surface area is 72.7 Å². The van der Waals surface area contributed by atoms with E-state index in [1.54, 1.807) is 7.11 Å². The normalized spacial score (nSPS) is 36.3. The minimum absolute atomic E-state index is 0.139. The number of carboxylic acid groups (broad SMARTS) is 1. The number of hydrogen-bond acceptors (Lipinski definition) is 2. The van der Waals surface area contributed by atoms with Gasteiger partial charge in [0.05, 0.1) is 12.0 Å². The van der Waals surface area contributed by atoms with Crippen molar-refractivity contribution < 1.29 is 14.6 Å². The third-order valence-electron chi connectivity index (χ3n) is 2.84. The fourth-order valence-corrected chi connectivity index (χ4v) is 2.00. The van der Waals surface area contributed by atoms with Crippen LogP contribution in [0.25, 0.3) is 0 Å². The zero-order valence-corrected chi connectivity index (χ0v) is 7.62. The van der Waals surface area contributed by atoms with Gasteiger partial charge in [0.15, 0.2) is 0 Å². The molecule has 0 amide bonds. The molecule has 0 aromatic carbocycles. The topological polar surface area (TPSA) is 46.5 Å². The molecule has 3 atom stereocenters. The van der Waals surface area contributed by atoms with Crippen LogP contribution in [0.4, 0.5) is 0 Å². The Morgan fingerprint density at radius 1 is 1.50 bits per heavy atom. The Kier molecular flexibility index (Phi) is 3.09. The van der Waals surface area contributed by atoms with Crippen LogP contribution >= 0.6 is 0 Å². The van der Waals surface area contributed by atoms with Crippen molar-refractivity contribution in [1.29, 1.82) is 0 Å². The van der Waals surface area contributed by atoms with Crippen LogP contribution in [0.2, 0.25) is 0 Å². The molecule has 0 heterocycles. The number of rotatable bonds is 2. The smallest absolute Gasteiger partial charge is 0.306 e. The molecule has 1 fully saturated rings. The number of hydrogen-bond donors (Lipinski definition) is 1. The molecular formula is C9H16O3. The van der Waals surface area contributed by atoms with Gasteiger partial charge in [-0.15, -0.1) is 0 Å². The zero-order chi connectivity index (χ0) is 9.14. The first kappa shape index (κ1) is 9.52. The summed E-state index contributed by atoms with van der Waals surface area (Å²) in [7, 11) is 1.66. The standard InChI is InChI=1S/C9H16O3/c1-6-7(9(10)11)4-3-5-8(6)12-2/h6-8H,3-5H2,1-2H3,(H,10,11). The van der Waals surface area contributed by atoms with Gasteiger partial charge in [-0.2, -0.15) is 0 Å². The van der Waals surface area contributed by atoms with Gasteiger partial charge in [0.25, 0.3) is 0 Å². The molecule has 3 heteroatoms. The lowest BCUT2D eigenvalue weighted by Crippen LogP contribution is -2.35. The van der Waals surface area contributed by atoms with Crippen molar-refractivity contribution in [3.8, 4) is 0 Å². The molecule has 0 radical (unpaired) electrons. The first-order chi connectivity index (χ1) is 5.66. The van der Waals surface area contributed by atoms with Crippen LogP contribution in [0.1, 0.15) is 26.2 Å². The highest BCUT2D eigenvalue weighted by molar-refractivity contribution is 5.70. The summed E-state index contributed by atoms with van der Waals surface area (Å²) >= 11 is 0. The van der Waals surface area contributed by atoms with Crippen molar-refractivity contribution in [3.05, 3.63) is 0 Å². The van der Waals surface area contributed by atoms with Crippen molar-refractivity contribution in [1.82, 2.24) is 0 Å². The Morgan fingerprint density at radius 2 is 2.17 bits per heavy atom. The lowest BCUT2D eigenvalue weighted by molar-refractivity contribution is -0.147. The SMILES string of the molecule is COC1CCCC(C(=O)O)C1C.